The number of carbonyl (C=O) groups excluding carboxylic acids is 1. The van der Waals surface area contributed by atoms with Crippen LogP contribution >= 0.6 is 0 Å². The third-order valence-electron chi connectivity index (χ3n) is 4.08. The number of hydrogen-bond acceptors (Lipinski definition) is 2. The molecule has 0 aliphatic heterocycles. The number of carbonyl (C=O) groups is 1. The molecule has 1 rings (SSSR count). The van der Waals surface area contributed by atoms with Crippen molar-refractivity contribution in [2.24, 2.45) is 17.6 Å². The summed E-state index contributed by atoms with van der Waals surface area (Å²) in [5.74, 6) is 1.75. The normalized spacial score (nSPS) is 12.7. The maximum absolute atomic E-state index is 11.5. The van der Waals surface area contributed by atoms with Gasteiger partial charge in [0.1, 0.15) is 5.75 Å². The molecule has 0 aliphatic carbocycles. The Labute approximate surface area is 141 Å². The molecule has 1 aromatic rings. The summed E-state index contributed by atoms with van der Waals surface area (Å²) in [6.07, 6.45) is 4.39. The minimum Gasteiger partial charge on any atom is -0.480 e. The van der Waals surface area contributed by atoms with Crippen LogP contribution in [-0.2, 0) is 17.6 Å². The first-order valence-electron chi connectivity index (χ1n) is 8.91. The zero-order valence-electron chi connectivity index (χ0n) is 15.4. The van der Waals surface area contributed by atoms with Crippen LogP contribution in [0.3, 0.4) is 0 Å². The molecule has 3 nitrogen and oxygen atoms in total. The molecule has 0 aliphatic rings. The largest absolute Gasteiger partial charge is 0.480 e. The highest BCUT2D eigenvalue weighted by Crippen LogP contribution is 2.26. The lowest BCUT2D eigenvalue weighted by atomic mass is 9.97. The third-order valence-corrected chi connectivity index (χ3v) is 4.08. The van der Waals surface area contributed by atoms with Crippen molar-refractivity contribution in [1.82, 2.24) is 0 Å². The lowest BCUT2D eigenvalue weighted by molar-refractivity contribution is -0.124. The Morgan fingerprint density at radius 2 is 1.70 bits per heavy atom. The van der Waals surface area contributed by atoms with E-state index in [0.717, 1.165) is 25.0 Å². The molecule has 0 fully saturated rings. The zero-order chi connectivity index (χ0) is 17.4. The van der Waals surface area contributed by atoms with Gasteiger partial charge >= 0.3 is 0 Å². The van der Waals surface area contributed by atoms with Crippen LogP contribution in [0.1, 0.15) is 65.0 Å². The minimum atomic E-state index is -0.547. The van der Waals surface area contributed by atoms with Gasteiger partial charge in [-0.2, -0.15) is 0 Å². The summed E-state index contributed by atoms with van der Waals surface area (Å²) in [4.78, 5) is 11.5. The Morgan fingerprint density at radius 1 is 1.09 bits per heavy atom. The number of hydrogen-bond donors (Lipinski definition) is 1. The summed E-state index contributed by atoms with van der Waals surface area (Å²) in [6.45, 7) is 10.9. The van der Waals surface area contributed by atoms with Crippen LogP contribution in [0.5, 0.6) is 5.75 Å². The first-order valence-corrected chi connectivity index (χ1v) is 8.91. The molecule has 23 heavy (non-hydrogen) atoms. The van der Waals surface area contributed by atoms with Gasteiger partial charge in [0.25, 0.3) is 5.91 Å². The number of nitrogens with two attached hydrogens (primary N) is 1. The maximum Gasteiger partial charge on any atom is 0.258 e. The second-order valence-corrected chi connectivity index (χ2v) is 7.22. The van der Waals surface area contributed by atoms with Gasteiger partial charge in [-0.15, -0.1) is 0 Å². The standard InChI is InChI=1S/C20H33NO2/c1-6-18(20(21)22)23-19-12-10-16(9-7-14(2)3)13-17(19)11-8-15(4)5/h10,12-15,18H,6-9,11H2,1-5H3,(H2,21,22). The number of benzene rings is 1. The predicted octanol–water partition coefficient (Wildman–Crippen LogP) is 4.51. The van der Waals surface area contributed by atoms with Gasteiger partial charge in [0, 0.05) is 0 Å². The van der Waals surface area contributed by atoms with E-state index in [2.05, 4.69) is 39.8 Å². The van der Waals surface area contributed by atoms with Crippen LogP contribution < -0.4 is 10.5 Å². The van der Waals surface area contributed by atoms with Crippen molar-refractivity contribution >= 4 is 5.91 Å². The molecule has 1 amide bonds. The van der Waals surface area contributed by atoms with Gasteiger partial charge in [-0.1, -0.05) is 46.8 Å². The van der Waals surface area contributed by atoms with E-state index < -0.39 is 12.0 Å². The van der Waals surface area contributed by atoms with Crippen LogP contribution in [-0.4, -0.2) is 12.0 Å². The average molecular weight is 319 g/mol. The summed E-state index contributed by atoms with van der Waals surface area (Å²) in [5.41, 5.74) is 7.95. The van der Waals surface area contributed by atoms with Crippen molar-refractivity contribution in [2.45, 2.75) is 72.8 Å². The molecule has 0 spiro atoms. The molecular weight excluding hydrogens is 286 g/mol. The Morgan fingerprint density at radius 3 is 2.22 bits per heavy atom. The number of ether oxygens (including phenoxy) is 1. The summed E-state index contributed by atoms with van der Waals surface area (Å²) >= 11 is 0. The van der Waals surface area contributed by atoms with Crippen LogP contribution in [0.2, 0.25) is 0 Å². The lowest BCUT2D eigenvalue weighted by Gasteiger charge is -2.19. The molecule has 3 heteroatoms. The van der Waals surface area contributed by atoms with E-state index in [1.54, 1.807) is 0 Å². The van der Waals surface area contributed by atoms with Crippen molar-refractivity contribution in [1.29, 1.82) is 0 Å². The number of aryl methyl sites for hydroxylation is 2. The fourth-order valence-corrected chi connectivity index (χ4v) is 2.49. The van der Waals surface area contributed by atoms with Gasteiger partial charge < -0.3 is 10.5 Å². The summed E-state index contributed by atoms with van der Waals surface area (Å²) in [6, 6.07) is 6.37. The van der Waals surface area contributed by atoms with Gasteiger partial charge in [-0.05, 0) is 61.1 Å². The quantitative estimate of drug-likeness (QED) is 0.690. The monoisotopic (exact) mass is 319 g/mol. The van der Waals surface area contributed by atoms with E-state index in [-0.39, 0.29) is 0 Å². The second kappa shape index (κ2) is 9.59. The SMILES string of the molecule is CCC(Oc1ccc(CCC(C)C)cc1CCC(C)C)C(N)=O. The average Bonchev–Trinajstić information content (AvgIpc) is 2.48. The molecule has 0 radical (unpaired) electrons. The van der Waals surface area contributed by atoms with Gasteiger partial charge in [-0.25, -0.2) is 0 Å². The molecular formula is C20H33NO2. The Kier molecular flexibility index (Phi) is 8.15. The Balaban J connectivity index is 2.95. The van der Waals surface area contributed by atoms with Gasteiger partial charge in [0.05, 0.1) is 0 Å². The predicted molar refractivity (Wildman–Crippen MR) is 96.7 cm³/mol. The van der Waals surface area contributed by atoms with Crippen molar-refractivity contribution in [3.05, 3.63) is 29.3 Å². The van der Waals surface area contributed by atoms with Crippen molar-refractivity contribution in [3.63, 3.8) is 0 Å². The highest BCUT2D eigenvalue weighted by atomic mass is 16.5. The van der Waals surface area contributed by atoms with E-state index in [1.165, 1.54) is 17.5 Å². The van der Waals surface area contributed by atoms with E-state index in [0.29, 0.717) is 18.3 Å². The smallest absolute Gasteiger partial charge is 0.258 e. The lowest BCUT2D eigenvalue weighted by Crippen LogP contribution is -2.33. The van der Waals surface area contributed by atoms with E-state index >= 15 is 0 Å². The molecule has 0 heterocycles. The maximum atomic E-state index is 11.5. The molecule has 0 saturated heterocycles. The Hall–Kier alpha value is -1.51. The molecule has 130 valence electrons. The first-order chi connectivity index (χ1) is 10.8. The first kappa shape index (κ1) is 19.5. The summed E-state index contributed by atoms with van der Waals surface area (Å²) < 4.78 is 5.89. The van der Waals surface area contributed by atoms with Gasteiger partial charge in [0.15, 0.2) is 6.10 Å². The van der Waals surface area contributed by atoms with Crippen LogP contribution in [0.25, 0.3) is 0 Å². The van der Waals surface area contributed by atoms with Crippen LogP contribution in [0.4, 0.5) is 0 Å². The topological polar surface area (TPSA) is 52.3 Å². The van der Waals surface area contributed by atoms with E-state index in [9.17, 15) is 4.79 Å². The van der Waals surface area contributed by atoms with Gasteiger partial charge in [0.2, 0.25) is 0 Å². The van der Waals surface area contributed by atoms with Gasteiger partial charge in [-0.3, -0.25) is 4.79 Å². The van der Waals surface area contributed by atoms with Crippen LogP contribution in [0.15, 0.2) is 18.2 Å². The molecule has 1 aromatic carbocycles. The van der Waals surface area contributed by atoms with E-state index in [1.807, 2.05) is 13.0 Å². The zero-order valence-corrected chi connectivity index (χ0v) is 15.4. The van der Waals surface area contributed by atoms with Crippen molar-refractivity contribution in [2.75, 3.05) is 0 Å². The van der Waals surface area contributed by atoms with Crippen molar-refractivity contribution in [3.8, 4) is 5.75 Å². The fraction of sp³-hybridized carbons (Fsp3) is 0.650. The molecule has 2 N–H and O–H groups in total. The molecule has 1 atom stereocenters. The number of rotatable bonds is 10. The second-order valence-electron chi connectivity index (χ2n) is 7.22. The third kappa shape index (κ3) is 7.06. The molecule has 1 unspecified atom stereocenters. The fourth-order valence-electron chi connectivity index (χ4n) is 2.49. The number of amides is 1. The minimum absolute atomic E-state index is 0.397. The summed E-state index contributed by atoms with van der Waals surface area (Å²) in [5, 5.41) is 0. The molecule has 0 saturated carbocycles. The summed E-state index contributed by atoms with van der Waals surface area (Å²) in [7, 11) is 0. The highest BCUT2D eigenvalue weighted by Gasteiger charge is 2.17. The molecule has 0 aromatic heterocycles. The number of primary amides is 1. The Bertz CT molecular complexity index is 494. The van der Waals surface area contributed by atoms with Crippen LogP contribution in [0, 0.1) is 11.8 Å². The molecule has 0 bridgehead atoms. The van der Waals surface area contributed by atoms with Crippen molar-refractivity contribution < 1.29 is 9.53 Å². The highest BCUT2D eigenvalue weighted by molar-refractivity contribution is 5.79. The van der Waals surface area contributed by atoms with E-state index in [4.69, 9.17) is 10.5 Å².